The number of aromatic nitrogens is 2. The second-order valence-corrected chi connectivity index (χ2v) is 4.43. The lowest BCUT2D eigenvalue weighted by Gasteiger charge is -2.07. The van der Waals surface area contributed by atoms with Gasteiger partial charge in [0.15, 0.2) is 0 Å². The highest BCUT2D eigenvalue weighted by Gasteiger charge is 2.09. The van der Waals surface area contributed by atoms with E-state index in [0.717, 1.165) is 18.4 Å². The summed E-state index contributed by atoms with van der Waals surface area (Å²) in [5.41, 5.74) is 2.49. The minimum Gasteiger partial charge on any atom is -0.310 e. The smallest absolute Gasteiger partial charge is 0.254 e. The fourth-order valence-corrected chi connectivity index (χ4v) is 1.95. The molecule has 0 amide bonds. The van der Waals surface area contributed by atoms with Crippen LogP contribution in [0.4, 0.5) is 0 Å². The lowest BCUT2D eigenvalue weighted by molar-refractivity contribution is 0.823. The molecule has 19 heavy (non-hydrogen) atoms. The minimum absolute atomic E-state index is 0.115. The van der Waals surface area contributed by atoms with Crippen molar-refractivity contribution in [3.05, 3.63) is 51.6 Å². The van der Waals surface area contributed by atoms with Crippen LogP contribution in [0.3, 0.4) is 0 Å². The maximum atomic E-state index is 11.9. The molecular formula is C15H15N3O. The normalized spacial score (nSPS) is 10.2. The average Bonchev–Trinajstić information content (AvgIpc) is 2.43. The van der Waals surface area contributed by atoms with Crippen LogP contribution >= 0.6 is 0 Å². The third kappa shape index (κ3) is 2.71. The van der Waals surface area contributed by atoms with E-state index in [1.54, 1.807) is 25.1 Å². The van der Waals surface area contributed by atoms with Gasteiger partial charge in [0, 0.05) is 17.5 Å². The highest BCUT2D eigenvalue weighted by molar-refractivity contribution is 5.64. The van der Waals surface area contributed by atoms with Crippen molar-refractivity contribution in [1.82, 2.24) is 9.97 Å². The van der Waals surface area contributed by atoms with Gasteiger partial charge in [-0.2, -0.15) is 5.26 Å². The van der Waals surface area contributed by atoms with Crippen molar-refractivity contribution in [2.24, 2.45) is 0 Å². The number of rotatable bonds is 3. The zero-order chi connectivity index (χ0) is 13.8. The molecule has 2 aromatic rings. The van der Waals surface area contributed by atoms with Crippen molar-refractivity contribution in [3.8, 4) is 17.3 Å². The Balaban J connectivity index is 2.60. The molecule has 0 spiro atoms. The molecule has 1 aromatic carbocycles. The molecule has 1 N–H and O–H groups in total. The lowest BCUT2D eigenvalue weighted by Crippen LogP contribution is -2.16. The summed E-state index contributed by atoms with van der Waals surface area (Å²) in [4.78, 5) is 19.2. The van der Waals surface area contributed by atoms with Gasteiger partial charge in [0.05, 0.1) is 17.3 Å². The summed E-state index contributed by atoms with van der Waals surface area (Å²) >= 11 is 0. The first-order valence-electron chi connectivity index (χ1n) is 6.26. The lowest BCUT2D eigenvalue weighted by atomic mass is 10.1. The monoisotopic (exact) mass is 253 g/mol. The number of nitrogens with one attached hydrogen (secondary N) is 1. The van der Waals surface area contributed by atoms with Gasteiger partial charge in [-0.15, -0.1) is 0 Å². The largest absolute Gasteiger partial charge is 0.310 e. The molecular weight excluding hydrogens is 238 g/mol. The van der Waals surface area contributed by atoms with Crippen LogP contribution in [0.1, 0.15) is 30.3 Å². The highest BCUT2D eigenvalue weighted by Crippen LogP contribution is 2.20. The van der Waals surface area contributed by atoms with Gasteiger partial charge < -0.3 is 4.98 Å². The SMILES string of the molecule is CCCc1nc(-c2cccc(C#N)c2)c(C)c(=O)[nH]1. The van der Waals surface area contributed by atoms with Crippen LogP contribution in [-0.4, -0.2) is 9.97 Å². The molecule has 0 bridgehead atoms. The van der Waals surface area contributed by atoms with Crippen LogP contribution in [0.15, 0.2) is 29.1 Å². The summed E-state index contributed by atoms with van der Waals surface area (Å²) in [5.74, 6) is 0.690. The summed E-state index contributed by atoms with van der Waals surface area (Å²) in [6, 6.07) is 9.25. The van der Waals surface area contributed by atoms with E-state index in [-0.39, 0.29) is 5.56 Å². The van der Waals surface area contributed by atoms with E-state index in [4.69, 9.17) is 5.26 Å². The molecule has 0 saturated carbocycles. The van der Waals surface area contributed by atoms with E-state index in [1.807, 2.05) is 13.0 Å². The van der Waals surface area contributed by atoms with Gasteiger partial charge in [0.25, 0.3) is 5.56 Å². The second kappa shape index (κ2) is 5.49. The van der Waals surface area contributed by atoms with Crippen molar-refractivity contribution in [1.29, 1.82) is 5.26 Å². The second-order valence-electron chi connectivity index (χ2n) is 4.43. The number of hydrogen-bond acceptors (Lipinski definition) is 3. The Morgan fingerprint density at radius 2 is 2.21 bits per heavy atom. The number of aromatic amines is 1. The summed E-state index contributed by atoms with van der Waals surface area (Å²) in [7, 11) is 0. The Morgan fingerprint density at radius 3 is 2.89 bits per heavy atom. The Hall–Kier alpha value is -2.41. The zero-order valence-corrected chi connectivity index (χ0v) is 11.0. The number of nitriles is 1. The molecule has 2 rings (SSSR count). The molecule has 0 aliphatic rings. The summed E-state index contributed by atoms with van der Waals surface area (Å²) in [5, 5.41) is 8.93. The molecule has 1 heterocycles. The fourth-order valence-electron chi connectivity index (χ4n) is 1.95. The first kappa shape index (κ1) is 13.0. The van der Waals surface area contributed by atoms with E-state index in [0.29, 0.717) is 22.6 Å². The number of aryl methyl sites for hydroxylation is 1. The summed E-state index contributed by atoms with van der Waals surface area (Å²) in [6.07, 6.45) is 1.66. The van der Waals surface area contributed by atoms with Gasteiger partial charge in [-0.1, -0.05) is 19.1 Å². The Bertz CT molecular complexity index is 695. The van der Waals surface area contributed by atoms with Crippen LogP contribution in [0.2, 0.25) is 0 Å². The van der Waals surface area contributed by atoms with Crippen LogP contribution in [0.25, 0.3) is 11.3 Å². The van der Waals surface area contributed by atoms with Gasteiger partial charge in [0.2, 0.25) is 0 Å². The van der Waals surface area contributed by atoms with Crippen molar-refractivity contribution in [3.63, 3.8) is 0 Å². The number of nitrogens with zero attached hydrogens (tertiary/aromatic N) is 2. The van der Waals surface area contributed by atoms with Crippen molar-refractivity contribution in [2.45, 2.75) is 26.7 Å². The van der Waals surface area contributed by atoms with Crippen molar-refractivity contribution < 1.29 is 0 Å². The molecule has 4 heteroatoms. The van der Waals surface area contributed by atoms with Crippen LogP contribution in [0.5, 0.6) is 0 Å². The molecule has 1 aromatic heterocycles. The average molecular weight is 253 g/mol. The van der Waals surface area contributed by atoms with Crippen molar-refractivity contribution in [2.75, 3.05) is 0 Å². The third-order valence-corrected chi connectivity index (χ3v) is 2.95. The van der Waals surface area contributed by atoms with E-state index in [2.05, 4.69) is 16.0 Å². The van der Waals surface area contributed by atoms with E-state index in [1.165, 1.54) is 0 Å². The zero-order valence-electron chi connectivity index (χ0n) is 11.0. The van der Waals surface area contributed by atoms with Crippen LogP contribution < -0.4 is 5.56 Å². The maximum absolute atomic E-state index is 11.9. The first-order valence-corrected chi connectivity index (χ1v) is 6.26. The molecule has 0 saturated heterocycles. The van der Waals surface area contributed by atoms with Crippen molar-refractivity contribution >= 4 is 0 Å². The van der Waals surface area contributed by atoms with E-state index in [9.17, 15) is 4.79 Å². The summed E-state index contributed by atoms with van der Waals surface area (Å²) in [6.45, 7) is 3.78. The fraction of sp³-hybridized carbons (Fsp3) is 0.267. The maximum Gasteiger partial charge on any atom is 0.254 e. The number of benzene rings is 1. The van der Waals surface area contributed by atoms with Gasteiger partial charge in [-0.3, -0.25) is 4.79 Å². The van der Waals surface area contributed by atoms with Crippen LogP contribution in [-0.2, 0) is 6.42 Å². The topological polar surface area (TPSA) is 69.5 Å². The van der Waals surface area contributed by atoms with Gasteiger partial charge in [-0.05, 0) is 25.5 Å². The molecule has 0 unspecified atom stereocenters. The van der Waals surface area contributed by atoms with Crippen LogP contribution in [0, 0.1) is 18.3 Å². The van der Waals surface area contributed by atoms with Gasteiger partial charge in [-0.25, -0.2) is 4.98 Å². The highest BCUT2D eigenvalue weighted by atomic mass is 16.1. The summed E-state index contributed by atoms with van der Waals surface area (Å²) < 4.78 is 0. The van der Waals surface area contributed by atoms with E-state index < -0.39 is 0 Å². The first-order chi connectivity index (χ1) is 9.15. The Morgan fingerprint density at radius 1 is 1.42 bits per heavy atom. The molecule has 96 valence electrons. The molecule has 0 atom stereocenters. The predicted molar refractivity (Wildman–Crippen MR) is 73.7 cm³/mol. The Labute approximate surface area is 111 Å². The molecule has 4 nitrogen and oxygen atoms in total. The molecule has 0 radical (unpaired) electrons. The predicted octanol–water partition coefficient (Wildman–Crippen LogP) is 2.57. The Kier molecular flexibility index (Phi) is 3.76. The van der Waals surface area contributed by atoms with E-state index >= 15 is 0 Å². The quantitative estimate of drug-likeness (QED) is 0.913. The molecule has 0 fully saturated rings. The third-order valence-electron chi connectivity index (χ3n) is 2.95. The molecule has 0 aliphatic carbocycles. The molecule has 0 aliphatic heterocycles. The minimum atomic E-state index is -0.115. The number of hydrogen-bond donors (Lipinski definition) is 1. The van der Waals surface area contributed by atoms with Gasteiger partial charge in [0.1, 0.15) is 5.82 Å². The standard InChI is InChI=1S/C15H15N3O/c1-3-5-13-17-14(10(2)15(19)18-13)12-7-4-6-11(8-12)9-16/h4,6-8H,3,5H2,1-2H3,(H,17,18,19). The van der Waals surface area contributed by atoms with Gasteiger partial charge >= 0.3 is 0 Å². The number of H-pyrrole nitrogens is 1.